The van der Waals surface area contributed by atoms with Gasteiger partial charge in [-0.1, -0.05) is 0 Å². The Kier molecular flexibility index (Phi) is 4.83. The number of aliphatic hydroxyl groups is 1. The molecule has 1 heterocycles. The predicted molar refractivity (Wildman–Crippen MR) is 98.9 cm³/mol. The Bertz CT molecular complexity index is 1000. The highest BCUT2D eigenvalue weighted by Gasteiger charge is 2.13. The van der Waals surface area contributed by atoms with Crippen molar-refractivity contribution < 1.29 is 19.7 Å². The molecule has 6 heteroatoms. The van der Waals surface area contributed by atoms with Gasteiger partial charge in [-0.05, 0) is 42.0 Å². The molecule has 6 nitrogen and oxygen atoms in total. The number of rotatable bonds is 5. The third-order valence-corrected chi connectivity index (χ3v) is 4.18. The highest BCUT2D eigenvalue weighted by Crippen LogP contribution is 2.34. The zero-order valence-corrected chi connectivity index (χ0v) is 14.4. The molecule has 1 aromatic heterocycles. The van der Waals surface area contributed by atoms with Crippen LogP contribution >= 0.6 is 0 Å². The maximum Gasteiger partial charge on any atom is 0.163 e. The molecule has 0 fully saturated rings. The summed E-state index contributed by atoms with van der Waals surface area (Å²) in [6.45, 7) is -0.337. The summed E-state index contributed by atoms with van der Waals surface area (Å²) < 4.78 is 10.4. The number of allylic oxidation sites excluding steroid dienone is 1. The van der Waals surface area contributed by atoms with Crippen LogP contribution in [0.25, 0.3) is 22.6 Å². The van der Waals surface area contributed by atoms with Gasteiger partial charge in [-0.25, -0.2) is 0 Å². The molecule has 0 radical (unpaired) electrons. The van der Waals surface area contributed by atoms with Crippen molar-refractivity contribution in [3.63, 3.8) is 0 Å². The Labute approximate surface area is 150 Å². The normalized spacial score (nSPS) is 11.4. The van der Waals surface area contributed by atoms with E-state index in [4.69, 9.17) is 9.47 Å². The van der Waals surface area contributed by atoms with Crippen LogP contribution < -0.4 is 9.47 Å². The average Bonchev–Trinajstić information content (AvgIpc) is 3.09. The van der Waals surface area contributed by atoms with Gasteiger partial charge in [0.05, 0.1) is 32.5 Å². The van der Waals surface area contributed by atoms with E-state index in [0.29, 0.717) is 22.4 Å². The quantitative estimate of drug-likeness (QED) is 0.612. The van der Waals surface area contributed by atoms with Crippen molar-refractivity contribution in [1.82, 2.24) is 4.98 Å². The van der Waals surface area contributed by atoms with E-state index in [0.717, 1.165) is 16.5 Å². The summed E-state index contributed by atoms with van der Waals surface area (Å²) in [7, 11) is 3.02. The lowest BCUT2D eigenvalue weighted by Gasteiger charge is -2.09. The third-order valence-electron chi connectivity index (χ3n) is 4.18. The van der Waals surface area contributed by atoms with Gasteiger partial charge in [-0.3, -0.25) is 0 Å². The molecule has 0 aliphatic carbocycles. The molecule has 0 saturated heterocycles. The van der Waals surface area contributed by atoms with E-state index in [1.54, 1.807) is 31.5 Å². The number of H-pyrrole nitrogens is 1. The van der Waals surface area contributed by atoms with Crippen LogP contribution in [-0.2, 0) is 6.61 Å². The first-order valence-electron chi connectivity index (χ1n) is 7.89. The molecule has 3 N–H and O–H groups in total. The van der Waals surface area contributed by atoms with Gasteiger partial charge in [0.2, 0.25) is 0 Å². The summed E-state index contributed by atoms with van der Waals surface area (Å²) >= 11 is 0. The second-order valence-corrected chi connectivity index (χ2v) is 5.67. The van der Waals surface area contributed by atoms with Crippen LogP contribution in [0.4, 0.5) is 0 Å². The van der Waals surface area contributed by atoms with Crippen LogP contribution in [-0.4, -0.2) is 29.4 Å². The fourth-order valence-corrected chi connectivity index (χ4v) is 2.84. The van der Waals surface area contributed by atoms with Crippen molar-refractivity contribution in [2.45, 2.75) is 6.61 Å². The van der Waals surface area contributed by atoms with Crippen LogP contribution in [0.2, 0.25) is 0 Å². The number of methoxy groups -OCH3 is 2. The third kappa shape index (κ3) is 3.08. The Balaban J connectivity index is 2.14. The van der Waals surface area contributed by atoms with Crippen LogP contribution in [0, 0.1) is 11.3 Å². The van der Waals surface area contributed by atoms with Crippen LogP contribution in [0.1, 0.15) is 16.7 Å². The van der Waals surface area contributed by atoms with Crippen LogP contribution in [0.5, 0.6) is 17.2 Å². The monoisotopic (exact) mass is 350 g/mol. The van der Waals surface area contributed by atoms with Gasteiger partial charge in [-0.2, -0.15) is 5.26 Å². The smallest absolute Gasteiger partial charge is 0.163 e. The Hall–Kier alpha value is -3.43. The summed E-state index contributed by atoms with van der Waals surface area (Å²) in [4.78, 5) is 3.14. The topological polar surface area (TPSA) is 98.5 Å². The minimum absolute atomic E-state index is 0.109. The van der Waals surface area contributed by atoms with E-state index >= 15 is 0 Å². The maximum absolute atomic E-state index is 10.00. The summed E-state index contributed by atoms with van der Waals surface area (Å²) in [5, 5.41) is 29.9. The first-order chi connectivity index (χ1) is 12.6. The lowest BCUT2D eigenvalue weighted by Crippen LogP contribution is -1.92. The first kappa shape index (κ1) is 17.4. The zero-order valence-electron chi connectivity index (χ0n) is 14.4. The van der Waals surface area contributed by atoms with Gasteiger partial charge in [0.25, 0.3) is 0 Å². The van der Waals surface area contributed by atoms with Gasteiger partial charge in [0.15, 0.2) is 11.5 Å². The molecule has 0 unspecified atom stereocenters. The molecule has 0 saturated carbocycles. The van der Waals surface area contributed by atoms with Crippen molar-refractivity contribution in [2.24, 2.45) is 0 Å². The number of aromatic nitrogens is 1. The van der Waals surface area contributed by atoms with Gasteiger partial charge in [0, 0.05) is 28.2 Å². The van der Waals surface area contributed by atoms with E-state index in [-0.39, 0.29) is 18.1 Å². The summed E-state index contributed by atoms with van der Waals surface area (Å²) in [6.07, 6.45) is 3.45. The fourth-order valence-electron chi connectivity index (χ4n) is 2.84. The molecule has 0 amide bonds. The van der Waals surface area contributed by atoms with E-state index in [1.165, 1.54) is 7.11 Å². The van der Waals surface area contributed by atoms with E-state index in [2.05, 4.69) is 11.1 Å². The average molecular weight is 350 g/mol. The summed E-state index contributed by atoms with van der Waals surface area (Å²) in [5.74, 6) is 0.827. The number of aliphatic hydroxyl groups excluding tert-OH is 1. The van der Waals surface area contributed by atoms with Crippen molar-refractivity contribution in [3.05, 3.63) is 53.2 Å². The second-order valence-electron chi connectivity index (χ2n) is 5.67. The van der Waals surface area contributed by atoms with Crippen molar-refractivity contribution in [1.29, 1.82) is 5.26 Å². The van der Waals surface area contributed by atoms with Gasteiger partial charge < -0.3 is 24.7 Å². The number of hydrogen-bond donors (Lipinski definition) is 3. The molecule has 0 spiro atoms. The minimum atomic E-state index is -0.337. The Morgan fingerprint density at radius 1 is 1.23 bits per heavy atom. The van der Waals surface area contributed by atoms with Crippen molar-refractivity contribution in [3.8, 4) is 23.3 Å². The molecule has 0 aliphatic rings. The molecular weight excluding hydrogens is 332 g/mol. The first-order valence-corrected chi connectivity index (χ1v) is 7.89. The van der Waals surface area contributed by atoms with Gasteiger partial charge >= 0.3 is 0 Å². The maximum atomic E-state index is 10.00. The molecule has 0 aliphatic heterocycles. The molecule has 0 bridgehead atoms. The number of phenols is 1. The number of hydrogen-bond acceptors (Lipinski definition) is 5. The standard InChI is InChI=1S/C20H18N2O4/c1-25-15-3-4-18-16(8-15)17(10-22-18)13(9-21)5-12-6-14(11-23)20(24)19(7-12)26-2/h3-8,10,22-24H,11H2,1-2H3/b13-5+. The largest absolute Gasteiger partial charge is 0.504 e. The summed E-state index contributed by atoms with van der Waals surface area (Å²) in [6, 6.07) is 11.0. The Morgan fingerprint density at radius 3 is 2.69 bits per heavy atom. The number of fused-ring (bicyclic) bond motifs is 1. The second kappa shape index (κ2) is 7.21. The Morgan fingerprint density at radius 2 is 2.04 bits per heavy atom. The number of nitrogens with one attached hydrogen (secondary N) is 1. The number of ether oxygens (including phenoxy) is 2. The molecule has 26 heavy (non-hydrogen) atoms. The SMILES string of the molecule is COc1ccc2[nH]cc(/C(C#N)=C/c3cc(CO)c(O)c(OC)c3)c2c1. The fraction of sp³-hybridized carbons (Fsp3) is 0.150. The molecule has 0 atom stereocenters. The van der Waals surface area contributed by atoms with Gasteiger partial charge in [-0.15, -0.1) is 0 Å². The lowest BCUT2D eigenvalue weighted by atomic mass is 10.0. The minimum Gasteiger partial charge on any atom is -0.504 e. The van der Waals surface area contributed by atoms with E-state index < -0.39 is 0 Å². The van der Waals surface area contributed by atoms with Crippen molar-refractivity contribution >= 4 is 22.6 Å². The molecule has 3 aromatic rings. The number of nitrogens with zero attached hydrogens (tertiary/aromatic N) is 1. The molecule has 132 valence electrons. The molecular formula is C20H18N2O4. The van der Waals surface area contributed by atoms with Crippen LogP contribution in [0.15, 0.2) is 36.5 Å². The molecule has 2 aromatic carbocycles. The summed E-state index contributed by atoms with van der Waals surface area (Å²) in [5.41, 5.74) is 3.02. The highest BCUT2D eigenvalue weighted by molar-refractivity contribution is 6.01. The lowest BCUT2D eigenvalue weighted by molar-refractivity contribution is 0.272. The number of aromatic amines is 1. The van der Waals surface area contributed by atoms with E-state index in [9.17, 15) is 15.5 Å². The van der Waals surface area contributed by atoms with Crippen LogP contribution in [0.3, 0.4) is 0 Å². The van der Waals surface area contributed by atoms with Crippen molar-refractivity contribution in [2.75, 3.05) is 14.2 Å². The number of aromatic hydroxyl groups is 1. The predicted octanol–water partition coefficient (Wildman–Crippen LogP) is 3.45. The van der Waals surface area contributed by atoms with E-state index in [1.807, 2.05) is 18.2 Å². The number of nitriles is 1. The zero-order chi connectivity index (χ0) is 18.7. The molecule has 3 rings (SSSR count). The van der Waals surface area contributed by atoms with Gasteiger partial charge in [0.1, 0.15) is 5.75 Å². The highest BCUT2D eigenvalue weighted by atomic mass is 16.5. The number of benzene rings is 2.